The van der Waals surface area contributed by atoms with E-state index in [1.165, 1.54) is 10.9 Å². The first-order valence-electron chi connectivity index (χ1n) is 7.53. The van der Waals surface area contributed by atoms with Gasteiger partial charge in [-0.15, -0.1) is 0 Å². The molecule has 0 bridgehead atoms. The summed E-state index contributed by atoms with van der Waals surface area (Å²) in [6, 6.07) is 8.31. The van der Waals surface area contributed by atoms with E-state index in [9.17, 15) is 4.79 Å². The first-order chi connectivity index (χ1) is 9.72. The van der Waals surface area contributed by atoms with Gasteiger partial charge in [0, 0.05) is 23.9 Å². The molecule has 1 saturated heterocycles. The second kappa shape index (κ2) is 4.45. The maximum atomic E-state index is 12.6. The quantitative estimate of drug-likeness (QED) is 0.797. The fraction of sp³-hybridized carbons (Fsp3) is 0.471. The Labute approximate surface area is 119 Å². The molecule has 20 heavy (non-hydrogen) atoms. The van der Waals surface area contributed by atoms with Crippen molar-refractivity contribution in [2.24, 2.45) is 11.8 Å². The minimum atomic E-state index is 0.313. The van der Waals surface area contributed by atoms with Crippen LogP contribution in [0.2, 0.25) is 0 Å². The van der Waals surface area contributed by atoms with Crippen molar-refractivity contribution in [2.75, 3.05) is 20.1 Å². The molecule has 1 aromatic heterocycles. The second-order valence-electron chi connectivity index (χ2n) is 6.43. The van der Waals surface area contributed by atoms with Gasteiger partial charge in [0.15, 0.2) is 5.78 Å². The standard InChI is InChI=1S/C17H20N2O/c1-19-7-6-11-9-16(20)17-14(8-12(11)10-19)13-4-2-3-5-15(13)18-17/h2-5,11-12,18H,6-10H2,1H3/t11-,12-/m1/s1. The summed E-state index contributed by atoms with van der Waals surface area (Å²) >= 11 is 0. The van der Waals surface area contributed by atoms with Crippen molar-refractivity contribution in [1.29, 1.82) is 0 Å². The van der Waals surface area contributed by atoms with Gasteiger partial charge in [-0.05, 0) is 49.9 Å². The van der Waals surface area contributed by atoms with E-state index >= 15 is 0 Å². The number of aromatic amines is 1. The van der Waals surface area contributed by atoms with Gasteiger partial charge in [0.25, 0.3) is 0 Å². The lowest BCUT2D eigenvalue weighted by Gasteiger charge is -2.35. The largest absolute Gasteiger partial charge is 0.352 e. The molecular formula is C17H20N2O. The zero-order valence-corrected chi connectivity index (χ0v) is 11.9. The number of H-pyrrole nitrogens is 1. The fourth-order valence-electron chi connectivity index (χ4n) is 4.02. The molecule has 1 N–H and O–H groups in total. The van der Waals surface area contributed by atoms with Gasteiger partial charge < -0.3 is 9.88 Å². The molecule has 3 nitrogen and oxygen atoms in total. The highest BCUT2D eigenvalue weighted by Crippen LogP contribution is 2.37. The molecular weight excluding hydrogens is 248 g/mol. The third-order valence-corrected chi connectivity index (χ3v) is 5.10. The van der Waals surface area contributed by atoms with E-state index in [0.717, 1.165) is 43.6 Å². The highest BCUT2D eigenvalue weighted by Gasteiger charge is 2.35. The maximum Gasteiger partial charge on any atom is 0.179 e. The van der Waals surface area contributed by atoms with Gasteiger partial charge >= 0.3 is 0 Å². The minimum absolute atomic E-state index is 0.313. The summed E-state index contributed by atoms with van der Waals surface area (Å²) in [6.07, 6.45) is 2.92. The third kappa shape index (κ3) is 1.80. The number of carbonyl (C=O) groups is 1. The number of piperidine rings is 1. The highest BCUT2D eigenvalue weighted by atomic mass is 16.1. The molecule has 1 fully saturated rings. The van der Waals surface area contributed by atoms with Crippen molar-refractivity contribution in [1.82, 2.24) is 9.88 Å². The Morgan fingerprint density at radius 2 is 2.05 bits per heavy atom. The number of likely N-dealkylation sites (tertiary alicyclic amines) is 1. The maximum absolute atomic E-state index is 12.6. The van der Waals surface area contributed by atoms with Crippen LogP contribution in [0.5, 0.6) is 0 Å². The molecule has 0 amide bonds. The van der Waals surface area contributed by atoms with E-state index in [-0.39, 0.29) is 0 Å². The molecule has 2 atom stereocenters. The van der Waals surface area contributed by atoms with Gasteiger partial charge in [0.1, 0.15) is 0 Å². The Hall–Kier alpha value is -1.61. The molecule has 1 aliphatic heterocycles. The van der Waals surface area contributed by atoms with E-state index in [1.54, 1.807) is 0 Å². The lowest BCUT2D eigenvalue weighted by atomic mass is 9.81. The Morgan fingerprint density at radius 1 is 1.20 bits per heavy atom. The van der Waals surface area contributed by atoms with Gasteiger partial charge in [-0.25, -0.2) is 0 Å². The van der Waals surface area contributed by atoms with Crippen LogP contribution >= 0.6 is 0 Å². The predicted molar refractivity (Wildman–Crippen MR) is 80.0 cm³/mol. The van der Waals surface area contributed by atoms with Gasteiger partial charge in [0.2, 0.25) is 0 Å². The van der Waals surface area contributed by atoms with Crippen molar-refractivity contribution < 1.29 is 4.79 Å². The monoisotopic (exact) mass is 268 g/mol. The molecule has 2 aromatic rings. The van der Waals surface area contributed by atoms with Crippen LogP contribution in [0.15, 0.2) is 24.3 Å². The van der Waals surface area contributed by atoms with Crippen LogP contribution in [-0.4, -0.2) is 35.8 Å². The van der Waals surface area contributed by atoms with Gasteiger partial charge in [-0.2, -0.15) is 0 Å². The Kier molecular flexibility index (Phi) is 2.71. The topological polar surface area (TPSA) is 36.1 Å². The summed E-state index contributed by atoms with van der Waals surface area (Å²) in [5, 5.41) is 1.24. The Balaban J connectivity index is 1.82. The van der Waals surface area contributed by atoms with Gasteiger partial charge in [-0.3, -0.25) is 4.79 Å². The molecule has 4 rings (SSSR count). The normalized spacial score (nSPS) is 27.1. The second-order valence-corrected chi connectivity index (χ2v) is 6.43. The number of carbonyl (C=O) groups excluding carboxylic acids is 1. The fourth-order valence-corrected chi connectivity index (χ4v) is 4.02. The number of hydrogen-bond acceptors (Lipinski definition) is 2. The lowest BCUT2D eigenvalue weighted by molar-refractivity contribution is 0.0886. The lowest BCUT2D eigenvalue weighted by Crippen LogP contribution is -2.38. The summed E-state index contributed by atoms with van der Waals surface area (Å²) < 4.78 is 0. The van der Waals surface area contributed by atoms with E-state index < -0.39 is 0 Å². The molecule has 0 radical (unpaired) electrons. The van der Waals surface area contributed by atoms with Crippen molar-refractivity contribution in [2.45, 2.75) is 19.3 Å². The highest BCUT2D eigenvalue weighted by molar-refractivity contribution is 6.02. The van der Waals surface area contributed by atoms with Crippen LogP contribution in [0.1, 0.15) is 28.9 Å². The van der Waals surface area contributed by atoms with E-state index in [2.05, 4.69) is 35.1 Å². The zero-order chi connectivity index (χ0) is 13.7. The van der Waals surface area contributed by atoms with E-state index in [0.29, 0.717) is 17.6 Å². The molecule has 1 aliphatic carbocycles. The summed E-state index contributed by atoms with van der Waals surface area (Å²) in [6.45, 7) is 2.25. The summed E-state index contributed by atoms with van der Waals surface area (Å²) in [5.41, 5.74) is 3.24. The molecule has 104 valence electrons. The molecule has 0 spiro atoms. The number of nitrogens with one attached hydrogen (secondary N) is 1. The molecule has 3 heteroatoms. The number of benzene rings is 1. The predicted octanol–water partition coefficient (Wildman–Crippen LogP) is 2.86. The molecule has 0 saturated carbocycles. The number of ketones is 1. The van der Waals surface area contributed by atoms with Gasteiger partial charge in [-0.1, -0.05) is 18.2 Å². The van der Waals surface area contributed by atoms with Crippen LogP contribution in [0.3, 0.4) is 0 Å². The van der Waals surface area contributed by atoms with Gasteiger partial charge in [0.05, 0.1) is 5.69 Å². The van der Waals surface area contributed by atoms with E-state index in [4.69, 9.17) is 0 Å². The third-order valence-electron chi connectivity index (χ3n) is 5.10. The van der Waals surface area contributed by atoms with Crippen LogP contribution in [0.25, 0.3) is 10.9 Å². The number of aromatic nitrogens is 1. The number of rotatable bonds is 0. The Morgan fingerprint density at radius 3 is 2.95 bits per heavy atom. The van der Waals surface area contributed by atoms with Crippen LogP contribution < -0.4 is 0 Å². The number of para-hydroxylation sites is 1. The first kappa shape index (κ1) is 12.2. The van der Waals surface area contributed by atoms with Crippen molar-refractivity contribution in [3.63, 3.8) is 0 Å². The molecule has 2 heterocycles. The molecule has 1 aromatic carbocycles. The minimum Gasteiger partial charge on any atom is -0.352 e. The summed E-state index contributed by atoms with van der Waals surface area (Å²) in [7, 11) is 2.19. The molecule has 2 aliphatic rings. The average Bonchev–Trinajstić information content (AvgIpc) is 2.74. The number of hydrogen-bond donors (Lipinski definition) is 1. The Bertz CT molecular complexity index is 673. The van der Waals surface area contributed by atoms with Crippen LogP contribution in [0.4, 0.5) is 0 Å². The van der Waals surface area contributed by atoms with Crippen molar-refractivity contribution in [3.8, 4) is 0 Å². The first-order valence-corrected chi connectivity index (χ1v) is 7.53. The number of fused-ring (bicyclic) bond motifs is 4. The zero-order valence-electron chi connectivity index (χ0n) is 11.9. The van der Waals surface area contributed by atoms with Crippen LogP contribution in [0, 0.1) is 11.8 Å². The van der Waals surface area contributed by atoms with Crippen molar-refractivity contribution >= 4 is 16.7 Å². The number of nitrogens with zero attached hydrogens (tertiary/aromatic N) is 1. The smallest absolute Gasteiger partial charge is 0.179 e. The summed E-state index contributed by atoms with van der Waals surface area (Å²) in [4.78, 5) is 18.3. The molecule has 0 unspecified atom stereocenters. The van der Waals surface area contributed by atoms with Crippen LogP contribution in [-0.2, 0) is 6.42 Å². The van der Waals surface area contributed by atoms with Crippen molar-refractivity contribution in [3.05, 3.63) is 35.5 Å². The summed E-state index contributed by atoms with van der Waals surface area (Å²) in [5.74, 6) is 1.50. The average molecular weight is 268 g/mol. The van der Waals surface area contributed by atoms with E-state index in [1.807, 2.05) is 6.07 Å². The SMILES string of the molecule is CN1CC[C@@H]2CC(=O)c3[nH]c4ccccc4c3C[C@@H]2C1. The number of Topliss-reactive ketones (excluding diaryl/α,β-unsaturated/α-hetero) is 1.